The molecule has 2 aliphatic heterocycles. The summed E-state index contributed by atoms with van der Waals surface area (Å²) in [6, 6.07) is 11.0. The van der Waals surface area contributed by atoms with E-state index in [1.54, 1.807) is 6.07 Å². The number of H-pyrrole nitrogens is 1. The molecule has 0 spiro atoms. The van der Waals surface area contributed by atoms with Crippen LogP contribution in [-0.2, 0) is 0 Å². The van der Waals surface area contributed by atoms with E-state index in [-0.39, 0.29) is 11.6 Å². The number of hydrogen-bond acceptors (Lipinski definition) is 4. The number of hydrogen-bond donors (Lipinski definition) is 1. The summed E-state index contributed by atoms with van der Waals surface area (Å²) in [6.07, 6.45) is 5.02. The molecule has 0 amide bonds. The lowest BCUT2D eigenvalue weighted by atomic mass is 9.87. The second kappa shape index (κ2) is 9.67. The number of aromatic amines is 1. The van der Waals surface area contributed by atoms with Crippen molar-refractivity contribution < 1.29 is 9.13 Å². The van der Waals surface area contributed by atoms with Crippen molar-refractivity contribution in [2.45, 2.75) is 64.5 Å². The summed E-state index contributed by atoms with van der Waals surface area (Å²) >= 11 is 0. The highest BCUT2D eigenvalue weighted by atomic mass is 19.1. The average molecular weight is 465 g/mol. The third kappa shape index (κ3) is 4.58. The van der Waals surface area contributed by atoms with Gasteiger partial charge in [0, 0.05) is 17.6 Å². The number of nitrogens with one attached hydrogen (secondary N) is 1. The van der Waals surface area contributed by atoms with Gasteiger partial charge in [-0.3, -0.25) is 0 Å². The van der Waals surface area contributed by atoms with Crippen molar-refractivity contribution in [3.05, 3.63) is 47.3 Å². The predicted octanol–water partition coefficient (Wildman–Crippen LogP) is 5.74. The fourth-order valence-corrected chi connectivity index (χ4v) is 5.87. The summed E-state index contributed by atoms with van der Waals surface area (Å²) in [5.74, 6) is 1.15. The first-order chi connectivity index (χ1) is 16.4. The number of halogens is 1. The number of methoxy groups -OCH3 is 1. The van der Waals surface area contributed by atoms with Crippen LogP contribution in [0.25, 0.3) is 22.4 Å². The number of fused-ring (bicyclic) bond motifs is 1. The Morgan fingerprint density at radius 1 is 1.03 bits per heavy atom. The van der Waals surface area contributed by atoms with Crippen molar-refractivity contribution in [2.24, 2.45) is 0 Å². The lowest BCUT2D eigenvalue weighted by Crippen LogP contribution is -2.48. The van der Waals surface area contributed by atoms with Crippen LogP contribution in [0.1, 0.15) is 56.6 Å². The van der Waals surface area contributed by atoms with Gasteiger partial charge in [0.25, 0.3) is 0 Å². The molecular formula is C28H37FN4O. The third-order valence-electron chi connectivity index (χ3n) is 7.97. The van der Waals surface area contributed by atoms with Gasteiger partial charge in [0.1, 0.15) is 5.82 Å². The van der Waals surface area contributed by atoms with Gasteiger partial charge in [-0.15, -0.1) is 0 Å². The van der Waals surface area contributed by atoms with E-state index in [0.717, 1.165) is 22.6 Å². The molecule has 2 saturated heterocycles. The second-order valence-corrected chi connectivity index (χ2v) is 10.3. The van der Waals surface area contributed by atoms with Crippen molar-refractivity contribution in [1.29, 1.82) is 0 Å². The van der Waals surface area contributed by atoms with Crippen LogP contribution in [0.2, 0.25) is 0 Å². The molecule has 0 bridgehead atoms. The van der Waals surface area contributed by atoms with E-state index < -0.39 is 0 Å². The van der Waals surface area contributed by atoms with Gasteiger partial charge in [0.05, 0.1) is 18.1 Å². The Morgan fingerprint density at radius 3 is 2.41 bits per heavy atom. The lowest BCUT2D eigenvalue weighted by Gasteiger charge is -2.43. The Hall–Kier alpha value is -2.44. The summed E-state index contributed by atoms with van der Waals surface area (Å²) in [5, 5.41) is 0. The molecule has 34 heavy (non-hydrogen) atoms. The maximum absolute atomic E-state index is 14.2. The summed E-state index contributed by atoms with van der Waals surface area (Å²) in [7, 11) is 1.48. The Balaban J connectivity index is 1.28. The molecule has 0 radical (unpaired) electrons. The molecule has 2 fully saturated rings. The molecule has 182 valence electrons. The zero-order valence-electron chi connectivity index (χ0n) is 20.9. The summed E-state index contributed by atoms with van der Waals surface area (Å²) in [4.78, 5) is 13.6. The summed E-state index contributed by atoms with van der Waals surface area (Å²) in [5.41, 5.74) is 5.30. The number of likely N-dealkylation sites (tertiary alicyclic amines) is 2. The zero-order valence-corrected chi connectivity index (χ0v) is 20.9. The SMILES string of the molecule is COc1ccc(-c2nc3c(C)cc(C4CCN(C5CCN(C(C)C)CC5)CC4)cc3[nH]2)cc1F. The first-order valence-corrected chi connectivity index (χ1v) is 12.7. The van der Waals surface area contributed by atoms with Crippen LogP contribution < -0.4 is 4.74 Å². The van der Waals surface area contributed by atoms with Gasteiger partial charge in [-0.1, -0.05) is 6.07 Å². The quantitative estimate of drug-likeness (QED) is 0.523. The van der Waals surface area contributed by atoms with Crippen LogP contribution in [0.5, 0.6) is 5.75 Å². The second-order valence-electron chi connectivity index (χ2n) is 10.3. The molecule has 2 aliphatic rings. The van der Waals surface area contributed by atoms with Crippen LogP contribution in [-0.4, -0.2) is 65.1 Å². The van der Waals surface area contributed by atoms with E-state index in [0.29, 0.717) is 17.8 Å². The molecular weight excluding hydrogens is 427 g/mol. The predicted molar refractivity (Wildman–Crippen MR) is 136 cm³/mol. The molecule has 1 aromatic heterocycles. The van der Waals surface area contributed by atoms with Crippen LogP contribution in [0.3, 0.4) is 0 Å². The fourth-order valence-electron chi connectivity index (χ4n) is 5.87. The zero-order chi connectivity index (χ0) is 23.8. The van der Waals surface area contributed by atoms with E-state index >= 15 is 0 Å². The van der Waals surface area contributed by atoms with E-state index in [9.17, 15) is 4.39 Å². The Labute approximate surface area is 202 Å². The number of piperidine rings is 2. The largest absolute Gasteiger partial charge is 0.494 e. The van der Waals surface area contributed by atoms with Crippen molar-refractivity contribution in [3.63, 3.8) is 0 Å². The van der Waals surface area contributed by atoms with Crippen molar-refractivity contribution in [2.75, 3.05) is 33.3 Å². The van der Waals surface area contributed by atoms with E-state index in [1.807, 2.05) is 6.07 Å². The van der Waals surface area contributed by atoms with Crippen molar-refractivity contribution in [1.82, 2.24) is 19.8 Å². The molecule has 5 rings (SSSR count). The number of imidazole rings is 1. The molecule has 0 atom stereocenters. The molecule has 1 N–H and O–H groups in total. The van der Waals surface area contributed by atoms with Gasteiger partial charge in [-0.25, -0.2) is 9.37 Å². The molecule has 6 heteroatoms. The highest BCUT2D eigenvalue weighted by Crippen LogP contribution is 2.34. The minimum Gasteiger partial charge on any atom is -0.494 e. The Kier molecular flexibility index (Phi) is 6.63. The smallest absolute Gasteiger partial charge is 0.165 e. The normalized spacial score (nSPS) is 19.4. The molecule has 5 nitrogen and oxygen atoms in total. The number of benzene rings is 2. The first kappa shape index (κ1) is 23.3. The topological polar surface area (TPSA) is 44.4 Å². The number of ether oxygens (including phenoxy) is 1. The number of nitrogens with zero attached hydrogens (tertiary/aromatic N) is 3. The van der Waals surface area contributed by atoms with Crippen molar-refractivity contribution >= 4 is 11.0 Å². The van der Waals surface area contributed by atoms with Crippen LogP contribution in [0.15, 0.2) is 30.3 Å². The Morgan fingerprint density at radius 2 is 1.76 bits per heavy atom. The molecule has 0 saturated carbocycles. The minimum atomic E-state index is -0.375. The highest BCUT2D eigenvalue weighted by molar-refractivity contribution is 5.83. The van der Waals surface area contributed by atoms with Gasteiger partial charge in [-0.05, 0) is 114 Å². The number of aryl methyl sites for hydroxylation is 1. The third-order valence-corrected chi connectivity index (χ3v) is 7.97. The van der Waals surface area contributed by atoms with Crippen LogP contribution in [0.4, 0.5) is 4.39 Å². The van der Waals surface area contributed by atoms with E-state index in [2.05, 4.69) is 47.7 Å². The van der Waals surface area contributed by atoms with E-state index in [1.165, 1.54) is 76.2 Å². The molecule has 2 aromatic carbocycles. The molecule has 3 heterocycles. The van der Waals surface area contributed by atoms with Gasteiger partial charge in [0.15, 0.2) is 11.6 Å². The van der Waals surface area contributed by atoms with E-state index in [4.69, 9.17) is 9.72 Å². The highest BCUT2D eigenvalue weighted by Gasteiger charge is 2.29. The van der Waals surface area contributed by atoms with Gasteiger partial charge < -0.3 is 19.5 Å². The number of aromatic nitrogens is 2. The summed E-state index contributed by atoms with van der Waals surface area (Å²) in [6.45, 7) is 11.6. The minimum absolute atomic E-state index is 0.246. The first-order valence-electron chi connectivity index (χ1n) is 12.7. The molecule has 0 aliphatic carbocycles. The van der Waals surface area contributed by atoms with Crippen molar-refractivity contribution in [3.8, 4) is 17.1 Å². The maximum atomic E-state index is 14.2. The Bertz CT molecular complexity index is 1140. The monoisotopic (exact) mass is 464 g/mol. The maximum Gasteiger partial charge on any atom is 0.165 e. The van der Waals surface area contributed by atoms with Crippen LogP contribution >= 0.6 is 0 Å². The fraction of sp³-hybridized carbons (Fsp3) is 0.536. The van der Waals surface area contributed by atoms with Gasteiger partial charge in [0.2, 0.25) is 0 Å². The summed E-state index contributed by atoms with van der Waals surface area (Å²) < 4.78 is 19.3. The average Bonchev–Trinajstić information content (AvgIpc) is 3.29. The molecule has 3 aromatic rings. The van der Waals surface area contributed by atoms with Crippen LogP contribution in [0, 0.1) is 12.7 Å². The lowest BCUT2D eigenvalue weighted by molar-refractivity contribution is 0.0753. The molecule has 0 unspecified atom stereocenters. The van der Waals surface area contributed by atoms with Gasteiger partial charge >= 0.3 is 0 Å². The number of rotatable bonds is 5. The standard InChI is InChI=1S/C28H37FN4O/c1-18(2)32-13-9-23(10-14-32)33-11-7-20(8-12-33)22-15-19(3)27-25(17-22)30-28(31-27)21-5-6-26(34-4)24(29)16-21/h5-6,15-18,20,23H,7-14H2,1-4H3,(H,30,31). The van der Waals surface area contributed by atoms with Gasteiger partial charge in [-0.2, -0.15) is 0 Å².